The van der Waals surface area contributed by atoms with Crippen LogP contribution in [-0.4, -0.2) is 11.9 Å². The molecule has 0 saturated carbocycles. The predicted octanol–water partition coefficient (Wildman–Crippen LogP) is 0.697. The number of nitrogens with one attached hydrogen (secondary N) is 1. The molecule has 9 heavy (non-hydrogen) atoms. The van der Waals surface area contributed by atoms with E-state index >= 15 is 0 Å². The van der Waals surface area contributed by atoms with Crippen molar-refractivity contribution >= 4 is 5.91 Å². The van der Waals surface area contributed by atoms with E-state index in [9.17, 15) is 4.79 Å². The molecule has 0 spiro atoms. The van der Waals surface area contributed by atoms with Crippen LogP contribution in [0.1, 0.15) is 13.3 Å². The van der Waals surface area contributed by atoms with Crippen molar-refractivity contribution in [3.05, 3.63) is 12.7 Å². The Kier molecular flexibility index (Phi) is 1.56. The number of carbonyl (C=O) groups is 1. The van der Waals surface area contributed by atoms with Gasteiger partial charge in [0.2, 0.25) is 5.91 Å². The van der Waals surface area contributed by atoms with Crippen molar-refractivity contribution in [1.82, 2.24) is 5.32 Å². The number of hydrogen-bond acceptors (Lipinski definition) is 1. The zero-order valence-corrected chi connectivity index (χ0v) is 5.55. The Hall–Kier alpha value is -0.790. The summed E-state index contributed by atoms with van der Waals surface area (Å²) in [5.74, 6) is 0.366. The zero-order chi connectivity index (χ0) is 6.85. The van der Waals surface area contributed by atoms with Crippen LogP contribution in [0.25, 0.3) is 0 Å². The molecule has 2 heteroatoms. The molecular formula is C7H11NO. The fourth-order valence-electron chi connectivity index (χ4n) is 1.10. The van der Waals surface area contributed by atoms with Gasteiger partial charge in [0, 0.05) is 0 Å². The first-order chi connectivity index (χ1) is 4.29. The summed E-state index contributed by atoms with van der Waals surface area (Å²) in [7, 11) is 0. The van der Waals surface area contributed by atoms with Gasteiger partial charge in [-0.05, 0) is 6.42 Å². The molecule has 0 bridgehead atoms. The van der Waals surface area contributed by atoms with Crippen LogP contribution < -0.4 is 5.32 Å². The Morgan fingerprint density at radius 2 is 2.56 bits per heavy atom. The van der Waals surface area contributed by atoms with Gasteiger partial charge in [0.25, 0.3) is 0 Å². The van der Waals surface area contributed by atoms with Crippen molar-refractivity contribution in [3.8, 4) is 0 Å². The molecule has 1 heterocycles. The van der Waals surface area contributed by atoms with Crippen molar-refractivity contribution in [1.29, 1.82) is 0 Å². The lowest BCUT2D eigenvalue weighted by Crippen LogP contribution is -2.56. The quantitative estimate of drug-likeness (QED) is 0.427. The predicted molar refractivity (Wildman–Crippen MR) is 35.9 cm³/mol. The minimum absolute atomic E-state index is 0.169. The maximum atomic E-state index is 10.7. The largest absolute Gasteiger partial charge is 0.349 e. The van der Waals surface area contributed by atoms with Gasteiger partial charge < -0.3 is 5.32 Å². The third-order valence-corrected chi connectivity index (χ3v) is 1.77. The van der Waals surface area contributed by atoms with Crippen LogP contribution in [0.15, 0.2) is 12.7 Å². The van der Waals surface area contributed by atoms with Gasteiger partial charge in [-0.15, -0.1) is 6.58 Å². The van der Waals surface area contributed by atoms with Crippen molar-refractivity contribution in [2.24, 2.45) is 5.92 Å². The average molecular weight is 125 g/mol. The summed E-state index contributed by atoms with van der Waals surface area (Å²) < 4.78 is 0. The summed E-state index contributed by atoms with van der Waals surface area (Å²) in [5, 5.41) is 2.74. The van der Waals surface area contributed by atoms with E-state index in [1.807, 2.05) is 6.92 Å². The second kappa shape index (κ2) is 2.21. The van der Waals surface area contributed by atoms with Crippen LogP contribution in [0.5, 0.6) is 0 Å². The minimum atomic E-state index is 0.169. The molecule has 1 rings (SSSR count). The summed E-state index contributed by atoms with van der Waals surface area (Å²) in [4.78, 5) is 10.7. The van der Waals surface area contributed by atoms with Gasteiger partial charge in [-0.1, -0.05) is 13.0 Å². The van der Waals surface area contributed by atoms with Gasteiger partial charge in [0.05, 0.1) is 12.0 Å². The molecule has 1 aliphatic heterocycles. The topological polar surface area (TPSA) is 29.1 Å². The summed E-state index contributed by atoms with van der Waals surface area (Å²) in [6, 6.07) is 0.238. The molecule has 0 aromatic rings. The molecule has 0 aliphatic carbocycles. The first-order valence-corrected chi connectivity index (χ1v) is 3.22. The maximum absolute atomic E-state index is 10.7. The summed E-state index contributed by atoms with van der Waals surface area (Å²) in [6.07, 6.45) is 2.71. The molecule has 1 aliphatic rings. The van der Waals surface area contributed by atoms with Crippen LogP contribution in [0.4, 0.5) is 0 Å². The average Bonchev–Trinajstić information content (AvgIpc) is 1.83. The SMILES string of the molecule is C=C[C@H]1NC(=O)[C@H]1CC. The Labute approximate surface area is 54.9 Å². The van der Waals surface area contributed by atoms with E-state index < -0.39 is 0 Å². The lowest BCUT2D eigenvalue weighted by atomic mass is 9.88. The lowest BCUT2D eigenvalue weighted by Gasteiger charge is -2.33. The fraction of sp³-hybridized carbons (Fsp3) is 0.571. The Morgan fingerprint density at radius 3 is 2.78 bits per heavy atom. The first kappa shape index (κ1) is 6.33. The number of hydrogen-bond donors (Lipinski definition) is 1. The van der Waals surface area contributed by atoms with Crippen LogP contribution in [0.2, 0.25) is 0 Å². The highest BCUT2D eigenvalue weighted by molar-refractivity contribution is 5.86. The number of carbonyl (C=O) groups excluding carboxylic acids is 1. The molecule has 0 radical (unpaired) electrons. The standard InChI is InChI=1S/C7H11NO/c1-3-5-6(4-2)8-7(5)9/h4-6H,2-3H2,1H3,(H,8,9)/t5-,6+/m0/s1. The molecule has 1 amide bonds. The second-order valence-corrected chi connectivity index (χ2v) is 2.28. The van der Waals surface area contributed by atoms with E-state index in [0.717, 1.165) is 6.42 Å². The van der Waals surface area contributed by atoms with E-state index in [-0.39, 0.29) is 17.9 Å². The van der Waals surface area contributed by atoms with Crippen molar-refractivity contribution in [2.45, 2.75) is 19.4 Å². The van der Waals surface area contributed by atoms with E-state index in [4.69, 9.17) is 0 Å². The summed E-state index contributed by atoms with van der Waals surface area (Å²) in [5.41, 5.74) is 0. The fourth-order valence-corrected chi connectivity index (χ4v) is 1.10. The number of rotatable bonds is 2. The van der Waals surface area contributed by atoms with E-state index in [2.05, 4.69) is 11.9 Å². The molecule has 2 atom stereocenters. The highest BCUT2D eigenvalue weighted by Crippen LogP contribution is 2.18. The molecular weight excluding hydrogens is 114 g/mol. The zero-order valence-electron chi connectivity index (χ0n) is 5.55. The van der Waals surface area contributed by atoms with Gasteiger partial charge in [0.1, 0.15) is 0 Å². The van der Waals surface area contributed by atoms with E-state index in [1.165, 1.54) is 0 Å². The van der Waals surface area contributed by atoms with Gasteiger partial charge in [-0.25, -0.2) is 0 Å². The van der Waals surface area contributed by atoms with Gasteiger partial charge in [-0.3, -0.25) is 4.79 Å². The second-order valence-electron chi connectivity index (χ2n) is 2.28. The highest BCUT2D eigenvalue weighted by Gasteiger charge is 2.34. The van der Waals surface area contributed by atoms with Gasteiger partial charge in [-0.2, -0.15) is 0 Å². The van der Waals surface area contributed by atoms with Crippen molar-refractivity contribution in [3.63, 3.8) is 0 Å². The molecule has 50 valence electrons. The highest BCUT2D eigenvalue weighted by atomic mass is 16.2. The molecule has 0 aromatic carbocycles. The molecule has 1 N–H and O–H groups in total. The van der Waals surface area contributed by atoms with Crippen molar-refractivity contribution in [2.75, 3.05) is 0 Å². The normalized spacial score (nSPS) is 32.8. The molecule has 2 nitrogen and oxygen atoms in total. The maximum Gasteiger partial charge on any atom is 0.225 e. The van der Waals surface area contributed by atoms with Crippen LogP contribution >= 0.6 is 0 Å². The molecule has 0 aromatic heterocycles. The third kappa shape index (κ3) is 0.846. The Balaban J connectivity index is 2.46. The smallest absolute Gasteiger partial charge is 0.225 e. The van der Waals surface area contributed by atoms with Crippen LogP contribution in [0.3, 0.4) is 0 Å². The Bertz CT molecular complexity index is 142. The minimum Gasteiger partial charge on any atom is -0.349 e. The monoisotopic (exact) mass is 125 g/mol. The number of amides is 1. The van der Waals surface area contributed by atoms with Crippen LogP contribution in [-0.2, 0) is 4.79 Å². The van der Waals surface area contributed by atoms with E-state index in [1.54, 1.807) is 6.08 Å². The van der Waals surface area contributed by atoms with Crippen molar-refractivity contribution < 1.29 is 4.79 Å². The Morgan fingerprint density at radius 1 is 1.89 bits per heavy atom. The van der Waals surface area contributed by atoms with E-state index in [0.29, 0.717) is 0 Å². The summed E-state index contributed by atoms with van der Waals surface area (Å²) in [6.45, 7) is 5.61. The number of β-lactam (4-membered cyclic amide) rings is 1. The lowest BCUT2D eigenvalue weighted by molar-refractivity contribution is -0.133. The van der Waals surface area contributed by atoms with Gasteiger partial charge in [0.15, 0.2) is 0 Å². The summed E-state index contributed by atoms with van der Waals surface area (Å²) >= 11 is 0. The van der Waals surface area contributed by atoms with Crippen LogP contribution in [0, 0.1) is 5.92 Å². The molecule has 1 saturated heterocycles. The first-order valence-electron chi connectivity index (χ1n) is 3.22. The molecule has 1 fully saturated rings. The van der Waals surface area contributed by atoms with Gasteiger partial charge >= 0.3 is 0 Å². The third-order valence-electron chi connectivity index (χ3n) is 1.77. The molecule has 0 unspecified atom stereocenters.